The Balaban J connectivity index is 3.42. The van der Waals surface area contributed by atoms with Crippen molar-refractivity contribution in [2.75, 3.05) is 14.2 Å². The summed E-state index contributed by atoms with van der Waals surface area (Å²) in [5.74, 6) is 0.335. The van der Waals surface area contributed by atoms with E-state index in [0.717, 1.165) is 0 Å². The minimum absolute atomic E-state index is 0.0824. The molecule has 0 radical (unpaired) electrons. The van der Waals surface area contributed by atoms with Gasteiger partial charge in [0.1, 0.15) is 0 Å². The van der Waals surface area contributed by atoms with Gasteiger partial charge in [-0.25, -0.2) is 0 Å². The summed E-state index contributed by atoms with van der Waals surface area (Å²) in [5, 5.41) is 20.6. The number of rotatable bonds is 5. The van der Waals surface area contributed by atoms with Gasteiger partial charge in [0, 0.05) is 11.5 Å². The van der Waals surface area contributed by atoms with Gasteiger partial charge >= 0.3 is 0 Å². The second kappa shape index (κ2) is 5.68. The first kappa shape index (κ1) is 14.2. The molecule has 0 aliphatic heterocycles. The van der Waals surface area contributed by atoms with Crippen LogP contribution in [0.5, 0.6) is 11.5 Å². The van der Waals surface area contributed by atoms with E-state index in [1.165, 1.54) is 26.4 Å². The lowest BCUT2D eigenvalue weighted by molar-refractivity contribution is -0.385. The van der Waals surface area contributed by atoms with E-state index >= 15 is 0 Å². The fraction of sp³-hybridized carbons (Fsp3) is 0.500. The zero-order valence-corrected chi connectivity index (χ0v) is 10.8. The molecule has 100 valence electrons. The highest BCUT2D eigenvalue weighted by molar-refractivity contribution is 5.55. The van der Waals surface area contributed by atoms with Gasteiger partial charge in [-0.2, -0.15) is 0 Å². The molecule has 0 aliphatic carbocycles. The molecule has 18 heavy (non-hydrogen) atoms. The van der Waals surface area contributed by atoms with E-state index in [1.54, 1.807) is 13.8 Å². The Labute approximate surface area is 105 Å². The van der Waals surface area contributed by atoms with E-state index in [4.69, 9.17) is 9.47 Å². The van der Waals surface area contributed by atoms with E-state index < -0.39 is 11.0 Å². The highest BCUT2D eigenvalue weighted by Crippen LogP contribution is 2.38. The monoisotopic (exact) mass is 255 g/mol. The molecule has 0 spiro atoms. The maximum Gasteiger partial charge on any atom is 0.276 e. The van der Waals surface area contributed by atoms with Crippen molar-refractivity contribution in [3.05, 3.63) is 27.8 Å². The van der Waals surface area contributed by atoms with Gasteiger partial charge in [0.2, 0.25) is 0 Å². The average molecular weight is 255 g/mol. The number of hydrogen-bond acceptors (Lipinski definition) is 5. The number of nitrogens with zero attached hydrogens (tertiary/aromatic N) is 1. The predicted molar refractivity (Wildman–Crippen MR) is 66.3 cm³/mol. The summed E-state index contributed by atoms with van der Waals surface area (Å²) in [6.45, 7) is 3.31. The summed E-state index contributed by atoms with van der Waals surface area (Å²) < 4.78 is 10.1. The van der Waals surface area contributed by atoms with Crippen LogP contribution in [0.25, 0.3) is 0 Å². The van der Waals surface area contributed by atoms with E-state index in [2.05, 4.69) is 0 Å². The van der Waals surface area contributed by atoms with Crippen molar-refractivity contribution in [2.24, 2.45) is 0 Å². The molecule has 0 amide bonds. The SMILES string of the molecule is COc1cc(C(C)C(C)O)c([N+](=O)[O-])cc1OC. The summed E-state index contributed by atoms with van der Waals surface area (Å²) in [4.78, 5) is 10.6. The van der Waals surface area contributed by atoms with Gasteiger partial charge in [-0.05, 0) is 13.0 Å². The lowest BCUT2D eigenvalue weighted by atomic mass is 9.94. The maximum atomic E-state index is 11.0. The van der Waals surface area contributed by atoms with Crippen LogP contribution in [-0.2, 0) is 0 Å². The molecule has 0 saturated carbocycles. The maximum absolute atomic E-state index is 11.0. The molecule has 1 N–H and O–H groups in total. The zero-order valence-electron chi connectivity index (χ0n) is 10.8. The highest BCUT2D eigenvalue weighted by atomic mass is 16.6. The Morgan fingerprint density at radius 3 is 2.11 bits per heavy atom. The van der Waals surface area contributed by atoms with Crippen LogP contribution >= 0.6 is 0 Å². The molecule has 0 aromatic heterocycles. The molecule has 1 rings (SSSR count). The number of aliphatic hydroxyl groups excluding tert-OH is 1. The van der Waals surface area contributed by atoms with Crippen LogP contribution in [0.4, 0.5) is 5.69 Å². The Morgan fingerprint density at radius 1 is 1.22 bits per heavy atom. The molecule has 6 heteroatoms. The number of methoxy groups -OCH3 is 2. The average Bonchev–Trinajstić information content (AvgIpc) is 2.35. The summed E-state index contributed by atoms with van der Waals surface area (Å²) in [6, 6.07) is 2.85. The van der Waals surface area contributed by atoms with E-state index in [0.29, 0.717) is 17.1 Å². The highest BCUT2D eigenvalue weighted by Gasteiger charge is 2.25. The van der Waals surface area contributed by atoms with Gasteiger partial charge in [-0.15, -0.1) is 0 Å². The van der Waals surface area contributed by atoms with E-state index in [9.17, 15) is 15.2 Å². The van der Waals surface area contributed by atoms with Crippen LogP contribution in [0, 0.1) is 10.1 Å². The molecule has 1 aromatic carbocycles. The predicted octanol–water partition coefficient (Wildman–Crippen LogP) is 2.10. The molecule has 0 aliphatic rings. The fourth-order valence-corrected chi connectivity index (χ4v) is 1.67. The van der Waals surface area contributed by atoms with Crippen LogP contribution in [0.1, 0.15) is 25.3 Å². The third-order valence-corrected chi connectivity index (χ3v) is 2.94. The number of ether oxygens (including phenoxy) is 2. The molecule has 6 nitrogen and oxygen atoms in total. The molecule has 0 heterocycles. The Bertz CT molecular complexity index is 444. The summed E-state index contributed by atoms with van der Waals surface area (Å²) in [7, 11) is 2.87. The van der Waals surface area contributed by atoms with Crippen molar-refractivity contribution in [3.63, 3.8) is 0 Å². The third-order valence-electron chi connectivity index (χ3n) is 2.94. The van der Waals surface area contributed by atoms with Crippen LogP contribution in [0.15, 0.2) is 12.1 Å². The minimum Gasteiger partial charge on any atom is -0.493 e. The Morgan fingerprint density at radius 2 is 1.72 bits per heavy atom. The number of hydrogen-bond donors (Lipinski definition) is 1. The topological polar surface area (TPSA) is 81.8 Å². The summed E-state index contributed by atoms with van der Waals surface area (Å²) in [6.07, 6.45) is -0.693. The van der Waals surface area contributed by atoms with Gasteiger partial charge in [-0.3, -0.25) is 10.1 Å². The van der Waals surface area contributed by atoms with Gasteiger partial charge in [0.25, 0.3) is 5.69 Å². The Kier molecular flexibility index (Phi) is 4.49. The van der Waals surface area contributed by atoms with E-state index in [1.807, 2.05) is 0 Å². The molecular formula is C12H17NO5. The lowest BCUT2D eigenvalue weighted by Gasteiger charge is -2.17. The van der Waals surface area contributed by atoms with Crippen molar-refractivity contribution in [2.45, 2.75) is 25.9 Å². The first-order valence-corrected chi connectivity index (χ1v) is 5.50. The molecule has 1 aromatic rings. The quantitative estimate of drug-likeness (QED) is 0.643. The number of benzene rings is 1. The van der Waals surface area contributed by atoms with Crippen molar-refractivity contribution < 1.29 is 19.5 Å². The van der Waals surface area contributed by atoms with Crippen molar-refractivity contribution in [1.82, 2.24) is 0 Å². The fourth-order valence-electron chi connectivity index (χ4n) is 1.67. The number of nitro groups is 1. The molecule has 2 unspecified atom stereocenters. The second-order valence-corrected chi connectivity index (χ2v) is 4.05. The van der Waals surface area contributed by atoms with Gasteiger partial charge in [0.05, 0.1) is 31.3 Å². The molecule has 2 atom stereocenters. The van der Waals surface area contributed by atoms with Crippen LogP contribution in [0.3, 0.4) is 0 Å². The third kappa shape index (κ3) is 2.70. The summed E-state index contributed by atoms with van der Waals surface area (Å²) in [5.41, 5.74) is 0.341. The molecule has 0 fully saturated rings. The van der Waals surface area contributed by atoms with Gasteiger partial charge in [-0.1, -0.05) is 6.92 Å². The van der Waals surface area contributed by atoms with Gasteiger partial charge in [0.15, 0.2) is 11.5 Å². The van der Waals surface area contributed by atoms with Crippen LogP contribution in [-0.4, -0.2) is 30.4 Å². The summed E-state index contributed by atoms with van der Waals surface area (Å²) >= 11 is 0. The van der Waals surface area contributed by atoms with Crippen molar-refractivity contribution in [3.8, 4) is 11.5 Å². The second-order valence-electron chi connectivity index (χ2n) is 4.05. The van der Waals surface area contributed by atoms with Crippen molar-refractivity contribution >= 4 is 5.69 Å². The van der Waals surface area contributed by atoms with Gasteiger partial charge < -0.3 is 14.6 Å². The Hall–Kier alpha value is -1.82. The molecule has 0 saturated heterocycles. The normalized spacial score (nSPS) is 13.8. The first-order valence-electron chi connectivity index (χ1n) is 5.50. The molecule has 0 bridgehead atoms. The largest absolute Gasteiger partial charge is 0.493 e. The van der Waals surface area contributed by atoms with Crippen molar-refractivity contribution in [1.29, 1.82) is 0 Å². The van der Waals surface area contributed by atoms with Crippen LogP contribution < -0.4 is 9.47 Å². The molecular weight excluding hydrogens is 238 g/mol. The minimum atomic E-state index is -0.693. The zero-order chi connectivity index (χ0) is 13.9. The first-order chi connectivity index (χ1) is 8.42. The van der Waals surface area contributed by atoms with Crippen LogP contribution in [0.2, 0.25) is 0 Å². The lowest BCUT2D eigenvalue weighted by Crippen LogP contribution is -2.13. The number of aliphatic hydroxyl groups is 1. The van der Waals surface area contributed by atoms with E-state index in [-0.39, 0.29) is 11.6 Å². The standard InChI is InChI=1S/C12H17NO5/c1-7(8(2)14)9-5-11(17-3)12(18-4)6-10(9)13(15)16/h5-8,14H,1-4H3. The number of nitro benzene ring substituents is 1. The smallest absolute Gasteiger partial charge is 0.276 e.